The smallest absolute Gasteiger partial charge is 0.163 e. The van der Waals surface area contributed by atoms with E-state index >= 15 is 0 Å². The summed E-state index contributed by atoms with van der Waals surface area (Å²) in [5.41, 5.74) is 2.27. The van der Waals surface area contributed by atoms with E-state index in [4.69, 9.17) is 33.4 Å². The van der Waals surface area contributed by atoms with Crippen LogP contribution in [0.4, 0.5) is 5.82 Å². The number of nitriles is 1. The zero-order valence-electron chi connectivity index (χ0n) is 15.5. The van der Waals surface area contributed by atoms with Crippen molar-refractivity contribution in [2.75, 3.05) is 25.0 Å². The normalized spacial score (nSPS) is 15.6. The average molecular weight is 428 g/mol. The van der Waals surface area contributed by atoms with Crippen LogP contribution in [0.3, 0.4) is 0 Å². The Morgan fingerprint density at radius 1 is 1.14 bits per heavy atom. The zero-order chi connectivity index (χ0) is 20.2. The molecule has 1 fully saturated rings. The van der Waals surface area contributed by atoms with Crippen LogP contribution in [0.2, 0.25) is 10.0 Å². The summed E-state index contributed by atoms with van der Waals surface area (Å²) in [6, 6.07) is 9.38. The summed E-state index contributed by atoms with van der Waals surface area (Å²) in [6.07, 6.45) is 3.92. The Morgan fingerprint density at radius 2 is 1.97 bits per heavy atom. The maximum absolute atomic E-state index is 8.81. The van der Waals surface area contributed by atoms with Crippen LogP contribution in [0, 0.1) is 11.3 Å². The molecule has 1 aromatic heterocycles. The molecule has 0 amide bonds. The van der Waals surface area contributed by atoms with Crippen molar-refractivity contribution in [2.45, 2.75) is 18.8 Å². The molecule has 1 aliphatic carbocycles. The molecule has 1 aliphatic heterocycles. The topological polar surface area (TPSA) is 98.0 Å². The van der Waals surface area contributed by atoms with E-state index in [2.05, 4.69) is 25.9 Å². The van der Waals surface area contributed by atoms with Crippen molar-refractivity contribution in [3.8, 4) is 17.5 Å². The number of nitrogens with one attached hydrogen (secondary N) is 3. The van der Waals surface area contributed by atoms with Gasteiger partial charge in [-0.25, -0.2) is 15.0 Å². The summed E-state index contributed by atoms with van der Waals surface area (Å²) < 4.78 is 0. The molecule has 0 bridgehead atoms. The van der Waals surface area contributed by atoms with Crippen molar-refractivity contribution in [1.82, 2.24) is 20.6 Å². The lowest BCUT2D eigenvalue weighted by Gasteiger charge is -2.16. The van der Waals surface area contributed by atoms with Gasteiger partial charge in [0.05, 0.1) is 17.8 Å². The molecule has 7 nitrogen and oxygen atoms in total. The van der Waals surface area contributed by atoms with Crippen molar-refractivity contribution in [3.05, 3.63) is 52.0 Å². The summed E-state index contributed by atoms with van der Waals surface area (Å²) >= 11 is 12.4. The first-order valence-corrected chi connectivity index (χ1v) is 10.1. The minimum Gasteiger partial charge on any atom is -0.369 e. The Labute approximate surface area is 178 Å². The largest absolute Gasteiger partial charge is 0.369 e. The van der Waals surface area contributed by atoms with Crippen LogP contribution in [0.15, 0.2) is 41.3 Å². The highest BCUT2D eigenvalue weighted by Gasteiger charge is 2.26. The fourth-order valence-corrected chi connectivity index (χ4v) is 3.41. The molecule has 2 heterocycles. The Morgan fingerprint density at radius 3 is 2.66 bits per heavy atom. The van der Waals surface area contributed by atoms with Gasteiger partial charge >= 0.3 is 0 Å². The van der Waals surface area contributed by atoms with E-state index in [1.165, 1.54) is 0 Å². The van der Waals surface area contributed by atoms with Crippen molar-refractivity contribution in [1.29, 1.82) is 5.26 Å². The van der Waals surface area contributed by atoms with Gasteiger partial charge in [-0.05, 0) is 31.0 Å². The monoisotopic (exact) mass is 427 g/mol. The molecule has 2 aliphatic rings. The predicted molar refractivity (Wildman–Crippen MR) is 115 cm³/mol. The number of hydrogen-bond acceptors (Lipinski definition) is 7. The van der Waals surface area contributed by atoms with Gasteiger partial charge in [-0.2, -0.15) is 5.26 Å². The van der Waals surface area contributed by atoms with E-state index in [-0.39, 0.29) is 0 Å². The fourth-order valence-electron chi connectivity index (χ4n) is 2.91. The van der Waals surface area contributed by atoms with Crippen molar-refractivity contribution >= 4 is 34.7 Å². The van der Waals surface area contributed by atoms with Crippen LogP contribution in [0.5, 0.6) is 0 Å². The minimum absolute atomic E-state index is 0.435. The first-order valence-electron chi connectivity index (χ1n) is 9.35. The third-order valence-electron chi connectivity index (χ3n) is 4.59. The molecule has 148 valence electrons. The van der Waals surface area contributed by atoms with E-state index < -0.39 is 0 Å². The number of halogens is 2. The predicted octanol–water partition coefficient (Wildman–Crippen LogP) is 3.70. The molecule has 1 saturated carbocycles. The summed E-state index contributed by atoms with van der Waals surface area (Å²) in [5, 5.41) is 19.6. The first-order chi connectivity index (χ1) is 14.1. The van der Waals surface area contributed by atoms with E-state index in [9.17, 15) is 0 Å². The summed E-state index contributed by atoms with van der Waals surface area (Å²) in [5.74, 6) is 2.65. The molecule has 29 heavy (non-hydrogen) atoms. The van der Waals surface area contributed by atoms with Gasteiger partial charge in [0, 0.05) is 41.4 Å². The van der Waals surface area contributed by atoms with Crippen LogP contribution in [0.25, 0.3) is 11.4 Å². The molecule has 1 aromatic carbocycles. The van der Waals surface area contributed by atoms with Crippen LogP contribution in [-0.2, 0) is 0 Å². The Hall–Kier alpha value is -2.82. The van der Waals surface area contributed by atoms with Gasteiger partial charge in [-0.15, -0.1) is 0 Å². The van der Waals surface area contributed by atoms with Crippen LogP contribution >= 0.6 is 23.2 Å². The van der Waals surface area contributed by atoms with Gasteiger partial charge in [0.15, 0.2) is 5.82 Å². The number of anilines is 1. The van der Waals surface area contributed by atoms with Gasteiger partial charge in [0.2, 0.25) is 0 Å². The third-order valence-corrected chi connectivity index (χ3v) is 5.13. The number of nitrogens with zero attached hydrogens (tertiary/aromatic N) is 4. The molecular weight excluding hydrogens is 409 g/mol. The molecule has 0 atom stereocenters. The van der Waals surface area contributed by atoms with Crippen molar-refractivity contribution in [2.24, 2.45) is 4.99 Å². The molecule has 0 radical (unpaired) electrons. The standard InChI is InChI=1S/C20H19Cl2N7/c21-13-3-4-15(16(22)7-13)20-28-17(12-1-2-12)8-18(29-20)24-5-6-25-19-11-26-14(9-23)10-27-19/h3-4,7-8,11-12,25,27H,1-2,5-6,10H2,(H,24,28,29). The van der Waals surface area contributed by atoms with Crippen LogP contribution in [0.1, 0.15) is 24.5 Å². The van der Waals surface area contributed by atoms with Gasteiger partial charge in [0.1, 0.15) is 23.4 Å². The third kappa shape index (κ3) is 4.97. The lowest BCUT2D eigenvalue weighted by atomic mass is 10.2. The zero-order valence-corrected chi connectivity index (χ0v) is 17.1. The van der Waals surface area contributed by atoms with E-state index in [1.807, 2.05) is 18.2 Å². The highest BCUT2D eigenvalue weighted by Crippen LogP contribution is 2.40. The van der Waals surface area contributed by atoms with Gasteiger partial charge < -0.3 is 16.0 Å². The second-order valence-electron chi connectivity index (χ2n) is 6.84. The molecular formula is C20H19Cl2N7. The molecule has 0 spiro atoms. The van der Waals surface area contributed by atoms with E-state index in [0.717, 1.165) is 35.7 Å². The average Bonchev–Trinajstić information content (AvgIpc) is 3.57. The summed E-state index contributed by atoms with van der Waals surface area (Å²) in [7, 11) is 0. The van der Waals surface area contributed by atoms with Crippen molar-refractivity contribution in [3.63, 3.8) is 0 Å². The number of aromatic nitrogens is 2. The molecule has 9 heteroatoms. The number of rotatable bonds is 7. The van der Waals surface area contributed by atoms with Gasteiger partial charge in [0.25, 0.3) is 0 Å². The van der Waals surface area contributed by atoms with Crippen LogP contribution < -0.4 is 16.0 Å². The lowest BCUT2D eigenvalue weighted by Crippen LogP contribution is -2.34. The maximum Gasteiger partial charge on any atom is 0.163 e. The molecule has 2 aromatic rings. The Kier molecular flexibility index (Phi) is 5.84. The van der Waals surface area contributed by atoms with Crippen molar-refractivity contribution < 1.29 is 0 Å². The Bertz CT molecular complexity index is 1020. The molecule has 3 N–H and O–H groups in total. The van der Waals surface area contributed by atoms with E-state index in [0.29, 0.717) is 47.1 Å². The second kappa shape index (κ2) is 8.68. The minimum atomic E-state index is 0.435. The maximum atomic E-state index is 8.81. The Balaban J connectivity index is 1.43. The highest BCUT2D eigenvalue weighted by molar-refractivity contribution is 6.36. The number of aliphatic imine (C=N–C) groups is 1. The van der Waals surface area contributed by atoms with E-state index in [1.54, 1.807) is 18.3 Å². The summed E-state index contributed by atoms with van der Waals surface area (Å²) in [4.78, 5) is 13.4. The quantitative estimate of drug-likeness (QED) is 0.582. The van der Waals surface area contributed by atoms with Gasteiger partial charge in [-0.3, -0.25) is 0 Å². The second-order valence-corrected chi connectivity index (χ2v) is 7.68. The number of hydrogen-bond donors (Lipinski definition) is 3. The fraction of sp³-hybridized carbons (Fsp3) is 0.300. The molecule has 0 unspecified atom stereocenters. The number of benzene rings is 1. The summed E-state index contributed by atoms with van der Waals surface area (Å²) in [6.45, 7) is 1.75. The highest BCUT2D eigenvalue weighted by atomic mass is 35.5. The van der Waals surface area contributed by atoms with Crippen LogP contribution in [-0.4, -0.2) is 35.3 Å². The lowest BCUT2D eigenvalue weighted by molar-refractivity contribution is 0.720. The first kappa shape index (κ1) is 19.5. The SMILES string of the molecule is N#CC1=NC=C(NCCNc2cc(C3CC3)nc(-c3ccc(Cl)cc3Cl)n2)NC1. The van der Waals surface area contributed by atoms with Gasteiger partial charge in [-0.1, -0.05) is 23.2 Å². The molecule has 4 rings (SSSR count). The molecule has 0 saturated heterocycles.